The summed E-state index contributed by atoms with van der Waals surface area (Å²) < 4.78 is 5.47. The van der Waals surface area contributed by atoms with E-state index >= 15 is 0 Å². The molecule has 7 nitrogen and oxygen atoms in total. The molecule has 0 aliphatic heterocycles. The van der Waals surface area contributed by atoms with E-state index in [1.54, 1.807) is 38.2 Å². The lowest BCUT2D eigenvalue weighted by Gasteiger charge is -2.00. The number of aromatic amines is 1. The molecule has 2 aromatic rings. The van der Waals surface area contributed by atoms with Gasteiger partial charge < -0.3 is 19.3 Å². The van der Waals surface area contributed by atoms with Crippen molar-refractivity contribution in [1.82, 2.24) is 10.4 Å². The van der Waals surface area contributed by atoms with Gasteiger partial charge >= 0.3 is 0 Å². The first-order valence-electron chi connectivity index (χ1n) is 6.75. The third-order valence-electron chi connectivity index (χ3n) is 3.10. The van der Waals surface area contributed by atoms with Crippen molar-refractivity contribution >= 4 is 17.6 Å². The Balaban J connectivity index is 2.05. The molecule has 0 atom stereocenters. The maximum Gasteiger partial charge on any atom is 0.287 e. The standard InChI is InChI=1S/C15H17N3O4/c1-9(17-18-15(21)13-4-3-7-16-13)12-8-11(22-10(12)2)5-6-14(19)20/h3-4,7-8,16H,5-6H2,1-2H3,(H,18,21)(H,19,20)/p-1/b17-9-. The second kappa shape index (κ2) is 6.75. The average molecular weight is 302 g/mol. The number of hydrogen-bond acceptors (Lipinski definition) is 5. The second-order valence-corrected chi connectivity index (χ2v) is 4.78. The number of hydrazone groups is 1. The molecular weight excluding hydrogens is 286 g/mol. The van der Waals surface area contributed by atoms with Crippen molar-refractivity contribution < 1.29 is 19.1 Å². The Labute approximate surface area is 127 Å². The Morgan fingerprint density at radius 3 is 2.86 bits per heavy atom. The van der Waals surface area contributed by atoms with E-state index in [1.165, 1.54) is 0 Å². The second-order valence-electron chi connectivity index (χ2n) is 4.78. The van der Waals surface area contributed by atoms with Crippen molar-refractivity contribution in [2.24, 2.45) is 5.10 Å². The van der Waals surface area contributed by atoms with Gasteiger partial charge in [0.15, 0.2) is 0 Å². The lowest BCUT2D eigenvalue weighted by Crippen LogP contribution is -2.22. The van der Waals surface area contributed by atoms with Crippen LogP contribution in [0.5, 0.6) is 0 Å². The monoisotopic (exact) mass is 302 g/mol. The topological polar surface area (TPSA) is 111 Å². The summed E-state index contributed by atoms with van der Waals surface area (Å²) in [4.78, 5) is 25.0. The van der Waals surface area contributed by atoms with Gasteiger partial charge in [0.25, 0.3) is 5.91 Å². The van der Waals surface area contributed by atoms with Crippen LogP contribution in [0, 0.1) is 6.92 Å². The van der Waals surface area contributed by atoms with Crippen molar-refractivity contribution in [3.8, 4) is 0 Å². The summed E-state index contributed by atoms with van der Waals surface area (Å²) in [5.41, 5.74) is 4.15. The number of carbonyl (C=O) groups excluding carboxylic acids is 2. The van der Waals surface area contributed by atoms with Crippen LogP contribution in [0.2, 0.25) is 0 Å². The quantitative estimate of drug-likeness (QED) is 0.606. The number of aromatic nitrogens is 1. The fraction of sp³-hybridized carbons (Fsp3) is 0.267. The average Bonchev–Trinajstić information content (AvgIpc) is 3.11. The number of carboxylic acids is 1. The molecule has 0 bridgehead atoms. The molecule has 0 fully saturated rings. The molecule has 2 rings (SSSR count). The fourth-order valence-electron chi connectivity index (χ4n) is 1.98. The van der Waals surface area contributed by atoms with Gasteiger partial charge in [-0.15, -0.1) is 0 Å². The largest absolute Gasteiger partial charge is 0.550 e. The van der Waals surface area contributed by atoms with E-state index in [1.807, 2.05) is 0 Å². The van der Waals surface area contributed by atoms with Gasteiger partial charge in [-0.1, -0.05) is 0 Å². The van der Waals surface area contributed by atoms with Crippen LogP contribution in [-0.4, -0.2) is 22.6 Å². The first-order valence-corrected chi connectivity index (χ1v) is 6.75. The van der Waals surface area contributed by atoms with Crippen LogP contribution in [0.3, 0.4) is 0 Å². The Hall–Kier alpha value is -2.83. The summed E-state index contributed by atoms with van der Waals surface area (Å²) in [6.07, 6.45) is 1.80. The van der Waals surface area contributed by atoms with Crippen LogP contribution in [0.4, 0.5) is 0 Å². The molecular formula is C15H16N3O4-. The minimum Gasteiger partial charge on any atom is -0.550 e. The molecule has 2 heterocycles. The number of hydrogen-bond donors (Lipinski definition) is 2. The van der Waals surface area contributed by atoms with Gasteiger partial charge in [0.2, 0.25) is 0 Å². The zero-order valence-corrected chi connectivity index (χ0v) is 12.3. The zero-order valence-electron chi connectivity index (χ0n) is 12.3. The predicted octanol–water partition coefficient (Wildman–Crippen LogP) is 0.753. The molecule has 7 heteroatoms. The molecule has 0 aliphatic rings. The molecule has 0 aromatic carbocycles. The maximum absolute atomic E-state index is 11.8. The van der Waals surface area contributed by atoms with Crippen molar-refractivity contribution in [2.75, 3.05) is 0 Å². The number of aliphatic carboxylic acids is 1. The third kappa shape index (κ3) is 3.85. The highest BCUT2D eigenvalue weighted by atomic mass is 16.4. The van der Waals surface area contributed by atoms with E-state index in [2.05, 4.69) is 15.5 Å². The number of aryl methyl sites for hydroxylation is 2. The summed E-state index contributed by atoms with van der Waals surface area (Å²) in [5, 5.41) is 14.5. The number of rotatable bonds is 6. The molecule has 2 aromatic heterocycles. The van der Waals surface area contributed by atoms with Crippen molar-refractivity contribution in [3.05, 3.63) is 47.2 Å². The van der Waals surface area contributed by atoms with Crippen LogP contribution in [0.25, 0.3) is 0 Å². The van der Waals surface area contributed by atoms with Crippen molar-refractivity contribution in [3.63, 3.8) is 0 Å². The molecule has 1 amide bonds. The van der Waals surface area contributed by atoms with Gasteiger partial charge in [0.05, 0.1) is 5.71 Å². The van der Waals surface area contributed by atoms with Gasteiger partial charge in [-0.05, 0) is 38.5 Å². The van der Waals surface area contributed by atoms with Crippen LogP contribution in [0.15, 0.2) is 33.9 Å². The van der Waals surface area contributed by atoms with Crippen molar-refractivity contribution in [1.29, 1.82) is 0 Å². The maximum atomic E-state index is 11.8. The number of amides is 1. The number of carboxylic acid groups (broad SMARTS) is 1. The molecule has 22 heavy (non-hydrogen) atoms. The fourth-order valence-corrected chi connectivity index (χ4v) is 1.98. The molecule has 0 spiro atoms. The lowest BCUT2D eigenvalue weighted by molar-refractivity contribution is -0.305. The highest BCUT2D eigenvalue weighted by Crippen LogP contribution is 2.17. The van der Waals surface area contributed by atoms with E-state index in [-0.39, 0.29) is 18.7 Å². The predicted molar refractivity (Wildman–Crippen MR) is 77.2 cm³/mol. The Morgan fingerprint density at radius 1 is 1.45 bits per heavy atom. The summed E-state index contributed by atoms with van der Waals surface area (Å²) in [6.45, 7) is 3.49. The summed E-state index contributed by atoms with van der Waals surface area (Å²) >= 11 is 0. The molecule has 0 aliphatic carbocycles. The van der Waals surface area contributed by atoms with Crippen LogP contribution in [0.1, 0.15) is 40.9 Å². The lowest BCUT2D eigenvalue weighted by atomic mass is 10.1. The SMILES string of the molecule is C/C(=N/NC(=O)c1ccc[nH]1)c1cc(CCC(=O)[O-])oc1C. The minimum absolute atomic E-state index is 0.105. The van der Waals surface area contributed by atoms with E-state index in [4.69, 9.17) is 4.42 Å². The Bertz CT molecular complexity index is 698. The highest BCUT2D eigenvalue weighted by molar-refractivity contribution is 6.01. The third-order valence-corrected chi connectivity index (χ3v) is 3.10. The summed E-state index contributed by atoms with van der Waals surface area (Å²) in [5.74, 6) is -0.312. The Kier molecular flexibility index (Phi) is 4.77. The van der Waals surface area contributed by atoms with Gasteiger partial charge in [0, 0.05) is 24.2 Å². The van der Waals surface area contributed by atoms with E-state index in [9.17, 15) is 14.7 Å². The number of furan rings is 1. The number of carbonyl (C=O) groups is 2. The van der Waals surface area contributed by atoms with Gasteiger partial charge in [-0.25, -0.2) is 5.43 Å². The first kappa shape index (κ1) is 15.6. The van der Waals surface area contributed by atoms with Crippen molar-refractivity contribution in [2.45, 2.75) is 26.7 Å². The molecule has 116 valence electrons. The van der Waals surface area contributed by atoms with Crippen LogP contribution < -0.4 is 10.5 Å². The number of H-pyrrole nitrogens is 1. The van der Waals surface area contributed by atoms with Gasteiger partial charge in [-0.3, -0.25) is 4.79 Å². The van der Waals surface area contributed by atoms with Crippen LogP contribution >= 0.6 is 0 Å². The van der Waals surface area contributed by atoms with E-state index in [0.29, 0.717) is 22.9 Å². The van der Waals surface area contributed by atoms with E-state index < -0.39 is 5.97 Å². The normalized spacial score (nSPS) is 11.5. The highest BCUT2D eigenvalue weighted by Gasteiger charge is 2.11. The minimum atomic E-state index is -1.13. The number of nitrogens with zero attached hydrogens (tertiary/aromatic N) is 1. The molecule has 0 saturated carbocycles. The van der Waals surface area contributed by atoms with Gasteiger partial charge in [-0.2, -0.15) is 5.10 Å². The Morgan fingerprint density at radius 2 is 2.23 bits per heavy atom. The first-order chi connectivity index (χ1) is 10.5. The summed E-state index contributed by atoms with van der Waals surface area (Å²) in [6, 6.07) is 5.08. The van der Waals surface area contributed by atoms with Crippen LogP contribution in [-0.2, 0) is 11.2 Å². The smallest absolute Gasteiger partial charge is 0.287 e. The molecule has 0 unspecified atom stereocenters. The zero-order chi connectivity index (χ0) is 16.1. The summed E-state index contributed by atoms with van der Waals surface area (Å²) in [7, 11) is 0. The number of nitrogens with one attached hydrogen (secondary N) is 2. The van der Waals surface area contributed by atoms with Gasteiger partial charge in [0.1, 0.15) is 17.2 Å². The molecule has 2 N–H and O–H groups in total. The van der Waals surface area contributed by atoms with E-state index in [0.717, 1.165) is 5.56 Å². The molecule has 0 saturated heterocycles. The molecule has 0 radical (unpaired) electrons.